The molecule has 0 saturated heterocycles. The molecule has 0 N–H and O–H groups in total. The molecule has 0 spiro atoms. The van der Waals surface area contributed by atoms with Crippen LogP contribution in [0.1, 0.15) is 38.8 Å². The van der Waals surface area contributed by atoms with Gasteiger partial charge in [-0.3, -0.25) is 14.6 Å². The number of ether oxygens (including phenoxy) is 2. The number of hydrogen-bond donors (Lipinski definition) is 0. The lowest BCUT2D eigenvalue weighted by molar-refractivity contribution is 0.0932. The summed E-state index contributed by atoms with van der Waals surface area (Å²) in [4.78, 5) is 28.5. The molecule has 0 saturated carbocycles. The maximum Gasteiger partial charge on any atom is 0.167 e. The molecule has 1 atom stereocenters. The molecule has 124 valence electrons. The molecule has 24 heavy (non-hydrogen) atoms. The van der Waals surface area contributed by atoms with E-state index in [0.717, 1.165) is 11.1 Å². The fourth-order valence-electron chi connectivity index (χ4n) is 3.25. The number of nitrogens with zero attached hydrogens (tertiary/aromatic N) is 1. The molecule has 2 aromatic rings. The lowest BCUT2D eigenvalue weighted by Crippen LogP contribution is -2.14. The molecule has 0 aliphatic heterocycles. The number of rotatable bonds is 5. The van der Waals surface area contributed by atoms with Crippen LogP contribution >= 0.6 is 0 Å². The Morgan fingerprint density at radius 1 is 1.25 bits per heavy atom. The Hall–Kier alpha value is -2.69. The van der Waals surface area contributed by atoms with Crippen molar-refractivity contribution < 1.29 is 19.1 Å². The first-order valence-electron chi connectivity index (χ1n) is 7.78. The second-order valence-electron chi connectivity index (χ2n) is 5.92. The Labute approximate surface area is 140 Å². The molecule has 0 radical (unpaired) electrons. The fraction of sp³-hybridized carbons (Fsp3) is 0.316. The van der Waals surface area contributed by atoms with Crippen LogP contribution in [0.3, 0.4) is 0 Å². The molecule has 0 amide bonds. The van der Waals surface area contributed by atoms with Crippen LogP contribution in [0.15, 0.2) is 30.6 Å². The number of carbonyl (C=O) groups excluding carboxylic acids is 2. The van der Waals surface area contributed by atoms with Gasteiger partial charge in [0.2, 0.25) is 0 Å². The smallest absolute Gasteiger partial charge is 0.167 e. The maximum atomic E-state index is 12.8. The summed E-state index contributed by atoms with van der Waals surface area (Å²) in [6, 6.07) is 5.42. The average Bonchev–Trinajstić information content (AvgIpc) is 2.89. The molecule has 5 heteroatoms. The van der Waals surface area contributed by atoms with Crippen LogP contribution in [0.5, 0.6) is 11.5 Å². The van der Waals surface area contributed by atoms with Gasteiger partial charge in [0.1, 0.15) is 0 Å². The SMILES string of the molecule is COc1cc2c(cc1OC)C(=O)C(Cc1ccncc1C(C)=O)C2. The molecular weight excluding hydrogens is 306 g/mol. The van der Waals surface area contributed by atoms with Gasteiger partial charge in [-0.15, -0.1) is 0 Å². The molecule has 1 aromatic heterocycles. The number of aromatic nitrogens is 1. The van der Waals surface area contributed by atoms with E-state index < -0.39 is 0 Å². The van der Waals surface area contributed by atoms with E-state index in [9.17, 15) is 9.59 Å². The number of benzene rings is 1. The number of carbonyl (C=O) groups is 2. The third-order valence-electron chi connectivity index (χ3n) is 4.47. The van der Waals surface area contributed by atoms with E-state index in [1.54, 1.807) is 32.7 Å². The zero-order chi connectivity index (χ0) is 17.3. The molecule has 1 aliphatic carbocycles. The molecule has 0 fully saturated rings. The van der Waals surface area contributed by atoms with Crippen LogP contribution in [-0.2, 0) is 12.8 Å². The topological polar surface area (TPSA) is 65.5 Å². The zero-order valence-electron chi connectivity index (χ0n) is 14.0. The number of hydrogen-bond acceptors (Lipinski definition) is 5. The molecular formula is C19H19NO4. The van der Waals surface area contributed by atoms with Gasteiger partial charge in [0.25, 0.3) is 0 Å². The van der Waals surface area contributed by atoms with Crippen LogP contribution < -0.4 is 9.47 Å². The molecule has 1 heterocycles. The predicted octanol–water partition coefficient (Wildman–Crippen LogP) is 2.90. The van der Waals surface area contributed by atoms with Gasteiger partial charge in [-0.2, -0.15) is 0 Å². The quantitative estimate of drug-likeness (QED) is 0.791. The van der Waals surface area contributed by atoms with Gasteiger partial charge < -0.3 is 9.47 Å². The van der Waals surface area contributed by atoms with Crippen LogP contribution in [0.2, 0.25) is 0 Å². The van der Waals surface area contributed by atoms with Crippen LogP contribution in [0, 0.1) is 5.92 Å². The molecule has 1 aliphatic rings. The van der Waals surface area contributed by atoms with Crippen molar-refractivity contribution in [1.29, 1.82) is 0 Å². The zero-order valence-corrected chi connectivity index (χ0v) is 14.0. The van der Waals surface area contributed by atoms with Gasteiger partial charge in [-0.1, -0.05) is 0 Å². The highest BCUT2D eigenvalue weighted by Crippen LogP contribution is 2.37. The van der Waals surface area contributed by atoms with Gasteiger partial charge in [0.05, 0.1) is 14.2 Å². The summed E-state index contributed by atoms with van der Waals surface area (Å²) in [5.74, 6) is 1.04. The summed E-state index contributed by atoms with van der Waals surface area (Å²) in [5.41, 5.74) is 3.08. The molecule has 1 unspecified atom stereocenters. The lowest BCUT2D eigenvalue weighted by Gasteiger charge is -2.10. The van der Waals surface area contributed by atoms with Gasteiger partial charge >= 0.3 is 0 Å². The molecule has 3 rings (SSSR count). The minimum Gasteiger partial charge on any atom is -0.493 e. The second kappa shape index (κ2) is 6.43. The number of Topliss-reactive ketones (excluding diaryl/α,β-unsaturated/α-hetero) is 2. The number of ketones is 2. The van der Waals surface area contributed by atoms with Crippen LogP contribution in [0.4, 0.5) is 0 Å². The first kappa shape index (κ1) is 16.2. The lowest BCUT2D eigenvalue weighted by atomic mass is 9.93. The highest BCUT2D eigenvalue weighted by Gasteiger charge is 2.32. The highest BCUT2D eigenvalue weighted by molar-refractivity contribution is 6.03. The Morgan fingerprint density at radius 2 is 1.96 bits per heavy atom. The Kier molecular flexibility index (Phi) is 4.34. The summed E-state index contributed by atoms with van der Waals surface area (Å²) >= 11 is 0. The summed E-state index contributed by atoms with van der Waals surface area (Å²) in [6.07, 6.45) is 4.38. The Morgan fingerprint density at radius 3 is 2.62 bits per heavy atom. The molecule has 5 nitrogen and oxygen atoms in total. The summed E-state index contributed by atoms with van der Waals surface area (Å²) in [7, 11) is 3.13. The van der Waals surface area contributed by atoms with Gasteiger partial charge in [0, 0.05) is 29.4 Å². The van der Waals surface area contributed by atoms with E-state index in [0.29, 0.717) is 35.5 Å². The highest BCUT2D eigenvalue weighted by atomic mass is 16.5. The molecule has 1 aromatic carbocycles. The summed E-state index contributed by atoms with van der Waals surface area (Å²) in [6.45, 7) is 1.52. The third kappa shape index (κ3) is 2.77. The van der Waals surface area contributed by atoms with E-state index in [1.165, 1.54) is 6.92 Å². The van der Waals surface area contributed by atoms with Crippen molar-refractivity contribution in [3.63, 3.8) is 0 Å². The van der Waals surface area contributed by atoms with E-state index in [2.05, 4.69) is 4.98 Å². The van der Waals surface area contributed by atoms with E-state index in [4.69, 9.17) is 9.47 Å². The molecule has 0 bridgehead atoms. The number of pyridine rings is 1. The average molecular weight is 325 g/mol. The predicted molar refractivity (Wildman–Crippen MR) is 89.0 cm³/mol. The standard InChI is InChI=1S/C19H19NO4/c1-11(21)16-10-20-5-4-12(16)6-14-7-13-8-17(23-2)18(24-3)9-15(13)19(14)22/h4-5,8-10,14H,6-7H2,1-3H3. The van der Waals surface area contributed by atoms with Gasteiger partial charge in [-0.25, -0.2) is 0 Å². The minimum atomic E-state index is -0.183. The summed E-state index contributed by atoms with van der Waals surface area (Å²) in [5, 5.41) is 0. The monoisotopic (exact) mass is 325 g/mol. The third-order valence-corrected chi connectivity index (χ3v) is 4.47. The van der Waals surface area contributed by atoms with E-state index >= 15 is 0 Å². The fourth-order valence-corrected chi connectivity index (χ4v) is 3.25. The Balaban J connectivity index is 1.91. The first-order chi connectivity index (χ1) is 11.5. The number of fused-ring (bicyclic) bond motifs is 1. The second-order valence-corrected chi connectivity index (χ2v) is 5.92. The number of methoxy groups -OCH3 is 2. The van der Waals surface area contributed by atoms with Gasteiger partial charge in [-0.05, 0) is 49.1 Å². The van der Waals surface area contributed by atoms with Crippen LogP contribution in [-0.4, -0.2) is 30.8 Å². The van der Waals surface area contributed by atoms with Gasteiger partial charge in [0.15, 0.2) is 23.1 Å². The summed E-state index contributed by atoms with van der Waals surface area (Å²) < 4.78 is 10.6. The van der Waals surface area contributed by atoms with E-state index in [-0.39, 0.29) is 17.5 Å². The van der Waals surface area contributed by atoms with Crippen molar-refractivity contribution in [2.45, 2.75) is 19.8 Å². The van der Waals surface area contributed by atoms with Crippen LogP contribution in [0.25, 0.3) is 0 Å². The van der Waals surface area contributed by atoms with Crippen molar-refractivity contribution in [3.8, 4) is 11.5 Å². The normalized spacial score (nSPS) is 16.0. The first-order valence-corrected chi connectivity index (χ1v) is 7.78. The largest absolute Gasteiger partial charge is 0.493 e. The van der Waals surface area contributed by atoms with Crippen molar-refractivity contribution >= 4 is 11.6 Å². The van der Waals surface area contributed by atoms with Crippen molar-refractivity contribution in [2.75, 3.05) is 14.2 Å². The van der Waals surface area contributed by atoms with Crippen molar-refractivity contribution in [1.82, 2.24) is 4.98 Å². The minimum absolute atomic E-state index is 0.0376. The van der Waals surface area contributed by atoms with E-state index in [1.807, 2.05) is 12.1 Å². The van der Waals surface area contributed by atoms with Crippen molar-refractivity contribution in [3.05, 3.63) is 52.8 Å². The maximum absolute atomic E-state index is 12.8. The Bertz CT molecular complexity index is 813. The van der Waals surface area contributed by atoms with Crippen molar-refractivity contribution in [2.24, 2.45) is 5.92 Å².